The molecular weight excluding hydrogens is 536 g/mol. The molecule has 1 heterocycles. The van der Waals surface area contributed by atoms with E-state index in [9.17, 15) is 13.6 Å². The van der Waals surface area contributed by atoms with E-state index in [0.29, 0.717) is 36.1 Å². The lowest BCUT2D eigenvalue weighted by Crippen LogP contribution is -2.50. The van der Waals surface area contributed by atoms with Crippen molar-refractivity contribution in [2.75, 3.05) is 24.5 Å². The Balaban J connectivity index is 0.00000235. The summed E-state index contributed by atoms with van der Waals surface area (Å²) in [6, 6.07) is 13.5. The third kappa shape index (κ3) is 9.34. The van der Waals surface area contributed by atoms with Gasteiger partial charge in [-0.3, -0.25) is 4.79 Å². The highest BCUT2D eigenvalue weighted by molar-refractivity contribution is 7.17. The van der Waals surface area contributed by atoms with Gasteiger partial charge in [-0.1, -0.05) is 41.4 Å². The fourth-order valence-electron chi connectivity index (χ4n) is 4.12. The number of hydrogen-bond acceptors (Lipinski definition) is 3. The molecule has 9 heteroatoms. The standard InChI is InChI=1S/C26H29Cl2F2N2O2P.C2H2/c1-3-22(34-26(29,30)35)6-4-5-7-25(33)31-14-15-32(23-13-12-21(28)16-18(23)2)24(17-31)19-8-10-20(27)11-9-19;1-2/h3-4,6,8-13,16,24H,5,7,14-15,17,35H2,1-2H3;1-2H/b6-4-,22-3+;. The Morgan fingerprint density at radius 1 is 1.16 bits per heavy atom. The van der Waals surface area contributed by atoms with Gasteiger partial charge in [-0.25, -0.2) is 0 Å². The number of allylic oxidation sites excluding steroid dienone is 3. The number of anilines is 1. The molecule has 0 bridgehead atoms. The SMILES string of the molecule is C#C.C/C=C(\C=C/CCC(=O)N1CCN(c2ccc(Cl)cc2C)C(c2ccc(Cl)cc2)C1)OC(F)(F)P. The first kappa shape index (κ1) is 30.6. The molecule has 0 radical (unpaired) electrons. The fourth-order valence-corrected chi connectivity index (χ4v) is 4.61. The van der Waals surface area contributed by atoms with Crippen LogP contribution in [-0.2, 0) is 9.53 Å². The molecule has 0 aromatic heterocycles. The van der Waals surface area contributed by atoms with E-state index in [1.165, 1.54) is 21.4 Å². The molecule has 2 unspecified atom stereocenters. The van der Waals surface area contributed by atoms with Crippen LogP contribution in [0.25, 0.3) is 0 Å². The minimum absolute atomic E-state index is 0.0143. The summed E-state index contributed by atoms with van der Waals surface area (Å²) < 4.78 is 30.6. The van der Waals surface area contributed by atoms with Crippen LogP contribution in [0, 0.1) is 19.8 Å². The zero-order valence-corrected chi connectivity index (χ0v) is 23.5. The molecule has 0 aliphatic carbocycles. The van der Waals surface area contributed by atoms with E-state index in [1.54, 1.807) is 13.0 Å². The molecule has 0 saturated carbocycles. The van der Waals surface area contributed by atoms with Gasteiger partial charge in [0.15, 0.2) is 0 Å². The van der Waals surface area contributed by atoms with Crippen molar-refractivity contribution in [1.29, 1.82) is 0 Å². The van der Waals surface area contributed by atoms with Crippen molar-refractivity contribution in [3.63, 3.8) is 0 Å². The third-order valence-electron chi connectivity index (χ3n) is 5.80. The van der Waals surface area contributed by atoms with Crippen LogP contribution >= 0.6 is 32.4 Å². The number of carbonyl (C=O) groups is 1. The van der Waals surface area contributed by atoms with E-state index in [-0.39, 0.29) is 24.1 Å². The average molecular weight is 567 g/mol. The first-order chi connectivity index (χ1) is 17.6. The van der Waals surface area contributed by atoms with Crippen LogP contribution in [-0.4, -0.2) is 36.3 Å². The molecule has 2 aromatic rings. The number of halogens is 4. The monoisotopic (exact) mass is 566 g/mol. The summed E-state index contributed by atoms with van der Waals surface area (Å²) in [5.74, 6) is -3.27. The lowest BCUT2D eigenvalue weighted by molar-refractivity contribution is -0.132. The number of benzene rings is 2. The van der Waals surface area contributed by atoms with Crippen molar-refractivity contribution in [2.24, 2.45) is 0 Å². The van der Waals surface area contributed by atoms with E-state index >= 15 is 0 Å². The molecule has 3 rings (SSSR count). The molecule has 198 valence electrons. The maximum atomic E-state index is 13.0. The Kier molecular flexibility index (Phi) is 11.9. The predicted molar refractivity (Wildman–Crippen MR) is 152 cm³/mol. The third-order valence-corrected chi connectivity index (χ3v) is 6.41. The van der Waals surface area contributed by atoms with Crippen molar-refractivity contribution in [3.05, 3.63) is 87.6 Å². The smallest absolute Gasteiger partial charge is 0.408 e. The second-order valence-electron chi connectivity index (χ2n) is 8.33. The summed E-state index contributed by atoms with van der Waals surface area (Å²) in [6.45, 7) is 5.41. The number of terminal acetylenes is 1. The molecule has 1 aliphatic rings. The number of amides is 1. The van der Waals surface area contributed by atoms with Crippen molar-refractivity contribution in [3.8, 4) is 12.8 Å². The summed E-state index contributed by atoms with van der Waals surface area (Å²) in [6.07, 6.45) is 13.3. The summed E-state index contributed by atoms with van der Waals surface area (Å²) >= 11 is 12.3. The highest BCUT2D eigenvalue weighted by atomic mass is 35.5. The summed E-state index contributed by atoms with van der Waals surface area (Å²) in [5, 5.41) is 1.34. The molecule has 2 aromatic carbocycles. The van der Waals surface area contributed by atoms with Crippen LogP contribution in [0.3, 0.4) is 0 Å². The van der Waals surface area contributed by atoms with Gasteiger partial charge in [-0.15, -0.1) is 12.8 Å². The Morgan fingerprint density at radius 3 is 2.41 bits per heavy atom. The number of hydrogen-bond donors (Lipinski definition) is 0. The van der Waals surface area contributed by atoms with Crippen molar-refractivity contribution < 1.29 is 18.3 Å². The normalized spacial score (nSPS) is 16.4. The van der Waals surface area contributed by atoms with Crippen LogP contribution in [0.5, 0.6) is 0 Å². The van der Waals surface area contributed by atoms with Crippen LogP contribution in [0.4, 0.5) is 14.5 Å². The number of carbonyl (C=O) groups excluding carboxylic acids is 1. The van der Waals surface area contributed by atoms with E-state index in [0.717, 1.165) is 16.8 Å². The lowest BCUT2D eigenvalue weighted by Gasteiger charge is -2.43. The van der Waals surface area contributed by atoms with Gasteiger partial charge in [-0.2, -0.15) is 8.78 Å². The molecule has 37 heavy (non-hydrogen) atoms. The highest BCUT2D eigenvalue weighted by Crippen LogP contribution is 2.34. The minimum atomic E-state index is -3.33. The average Bonchev–Trinajstić information content (AvgIpc) is 2.86. The summed E-state index contributed by atoms with van der Waals surface area (Å²) in [4.78, 5) is 17.2. The fraction of sp³-hybridized carbons (Fsp3) is 0.321. The van der Waals surface area contributed by atoms with Crippen LogP contribution < -0.4 is 4.90 Å². The number of rotatable bonds is 8. The lowest BCUT2D eigenvalue weighted by atomic mass is 9.99. The molecule has 1 saturated heterocycles. The maximum Gasteiger partial charge on any atom is 0.408 e. The molecule has 0 N–H and O–H groups in total. The highest BCUT2D eigenvalue weighted by Gasteiger charge is 2.31. The number of alkyl halides is 2. The van der Waals surface area contributed by atoms with Gasteiger partial charge in [0.25, 0.3) is 0 Å². The number of nitrogens with zero attached hydrogens (tertiary/aromatic N) is 2. The second-order valence-corrected chi connectivity index (χ2v) is 9.87. The summed E-state index contributed by atoms with van der Waals surface area (Å²) in [5.41, 5.74) is 3.21. The van der Waals surface area contributed by atoms with Gasteiger partial charge in [-0.05, 0) is 83.1 Å². The molecular formula is C28H31Cl2F2N2O2P. The van der Waals surface area contributed by atoms with Gasteiger partial charge in [0.2, 0.25) is 5.91 Å². The first-order valence-electron chi connectivity index (χ1n) is 11.7. The van der Waals surface area contributed by atoms with Gasteiger partial charge in [0.05, 0.1) is 6.04 Å². The van der Waals surface area contributed by atoms with Gasteiger partial charge < -0.3 is 14.5 Å². The largest absolute Gasteiger partial charge is 0.430 e. The first-order valence-corrected chi connectivity index (χ1v) is 13.0. The van der Waals surface area contributed by atoms with Crippen molar-refractivity contribution in [1.82, 2.24) is 4.90 Å². The van der Waals surface area contributed by atoms with Crippen molar-refractivity contribution >= 4 is 44.0 Å². The minimum Gasteiger partial charge on any atom is -0.430 e. The molecule has 1 aliphatic heterocycles. The zero-order valence-electron chi connectivity index (χ0n) is 20.8. The second kappa shape index (κ2) is 14.4. The Bertz CT molecular complexity index is 1130. The van der Waals surface area contributed by atoms with Crippen molar-refractivity contribution in [2.45, 2.75) is 38.6 Å². The van der Waals surface area contributed by atoms with Crippen LogP contribution in [0.2, 0.25) is 10.0 Å². The molecule has 1 amide bonds. The molecule has 4 nitrogen and oxygen atoms in total. The molecule has 1 fully saturated rings. The van der Waals surface area contributed by atoms with E-state index in [4.69, 9.17) is 23.2 Å². The van der Waals surface area contributed by atoms with E-state index < -0.39 is 5.85 Å². The molecule has 0 spiro atoms. The maximum absolute atomic E-state index is 13.0. The quantitative estimate of drug-likeness (QED) is 0.142. The topological polar surface area (TPSA) is 32.8 Å². The summed E-state index contributed by atoms with van der Waals surface area (Å²) in [7, 11) is 1.34. The zero-order chi connectivity index (χ0) is 27.6. The Morgan fingerprint density at radius 2 is 1.81 bits per heavy atom. The van der Waals surface area contributed by atoms with E-state index in [1.807, 2.05) is 54.3 Å². The van der Waals surface area contributed by atoms with Gasteiger partial charge >= 0.3 is 5.85 Å². The molecule has 2 atom stereocenters. The Labute approximate surface area is 230 Å². The predicted octanol–water partition coefficient (Wildman–Crippen LogP) is 7.62. The van der Waals surface area contributed by atoms with Gasteiger partial charge in [0, 0.05) is 41.8 Å². The van der Waals surface area contributed by atoms with Crippen LogP contribution in [0.15, 0.2) is 66.5 Å². The van der Waals surface area contributed by atoms with Crippen LogP contribution in [0.1, 0.15) is 36.9 Å². The number of ether oxygens (including phenoxy) is 1. The Hall–Kier alpha value is -2.58. The number of aryl methyl sites for hydroxylation is 1. The van der Waals surface area contributed by atoms with Gasteiger partial charge in [0.1, 0.15) is 5.76 Å². The van der Waals surface area contributed by atoms with E-state index in [2.05, 4.69) is 22.5 Å². The number of piperazine rings is 1.